The first kappa shape index (κ1) is 13.5. The van der Waals surface area contributed by atoms with Crippen LogP contribution in [0.25, 0.3) is 0 Å². The lowest BCUT2D eigenvalue weighted by Crippen LogP contribution is -2.35. The van der Waals surface area contributed by atoms with Crippen molar-refractivity contribution in [2.24, 2.45) is 0 Å². The quantitative estimate of drug-likeness (QED) is 0.911. The van der Waals surface area contributed by atoms with Gasteiger partial charge in [-0.15, -0.1) is 11.3 Å². The van der Waals surface area contributed by atoms with Crippen LogP contribution in [0, 0.1) is 6.92 Å². The first-order valence-electron chi connectivity index (χ1n) is 5.89. The van der Waals surface area contributed by atoms with Crippen molar-refractivity contribution in [3.63, 3.8) is 0 Å². The maximum atomic E-state index is 6.23. The zero-order valence-electron chi connectivity index (χ0n) is 10.8. The summed E-state index contributed by atoms with van der Waals surface area (Å²) in [6.07, 6.45) is 1.84. The normalized spacial score (nSPS) is 11.8. The minimum absolute atomic E-state index is 0.137. The predicted octanol–water partition coefficient (Wildman–Crippen LogP) is 4.13. The van der Waals surface area contributed by atoms with Gasteiger partial charge in [0.1, 0.15) is 5.01 Å². The fraction of sp³-hybridized carbons (Fsp3) is 0.357. The second kappa shape index (κ2) is 5.39. The molecule has 2 nitrogen and oxygen atoms in total. The zero-order chi connectivity index (χ0) is 13.2. The number of halogens is 1. The average molecular weight is 281 g/mol. The van der Waals surface area contributed by atoms with Crippen molar-refractivity contribution >= 4 is 22.9 Å². The maximum Gasteiger partial charge on any atom is 0.112 e. The van der Waals surface area contributed by atoms with E-state index in [0.29, 0.717) is 0 Å². The van der Waals surface area contributed by atoms with Gasteiger partial charge >= 0.3 is 0 Å². The molecule has 0 fully saturated rings. The number of aromatic nitrogens is 1. The molecule has 0 spiro atoms. The highest BCUT2D eigenvalue weighted by atomic mass is 35.5. The van der Waals surface area contributed by atoms with Gasteiger partial charge < -0.3 is 5.32 Å². The van der Waals surface area contributed by atoms with Crippen LogP contribution in [0.2, 0.25) is 5.02 Å². The molecule has 2 rings (SSSR count). The van der Waals surface area contributed by atoms with Crippen molar-refractivity contribution in [2.75, 3.05) is 0 Å². The minimum Gasteiger partial charge on any atom is -0.302 e. The first-order chi connectivity index (χ1) is 8.49. The molecule has 0 aliphatic heterocycles. The molecule has 1 aromatic carbocycles. The Kier molecular flexibility index (Phi) is 4.05. The number of hydrogen-bond acceptors (Lipinski definition) is 3. The Bertz CT molecular complexity index is 521. The molecule has 0 atom stereocenters. The first-order valence-corrected chi connectivity index (χ1v) is 7.15. The molecule has 2 aromatic rings. The van der Waals surface area contributed by atoms with Gasteiger partial charge in [0.05, 0.1) is 5.54 Å². The van der Waals surface area contributed by atoms with E-state index in [1.807, 2.05) is 24.6 Å². The summed E-state index contributed by atoms with van der Waals surface area (Å²) in [5.41, 5.74) is 2.16. The number of rotatable bonds is 4. The summed E-state index contributed by atoms with van der Waals surface area (Å²) >= 11 is 7.90. The molecule has 0 radical (unpaired) electrons. The highest BCUT2D eigenvalue weighted by Crippen LogP contribution is 2.24. The minimum atomic E-state index is -0.137. The third-order valence-electron chi connectivity index (χ3n) is 2.90. The van der Waals surface area contributed by atoms with Crippen LogP contribution in [0.15, 0.2) is 29.8 Å². The number of benzene rings is 1. The van der Waals surface area contributed by atoms with Crippen molar-refractivity contribution in [3.8, 4) is 0 Å². The van der Waals surface area contributed by atoms with Crippen LogP contribution in [0.4, 0.5) is 0 Å². The molecular weight excluding hydrogens is 264 g/mol. The van der Waals surface area contributed by atoms with E-state index in [1.165, 1.54) is 5.56 Å². The third-order valence-corrected chi connectivity index (χ3v) is 4.34. The van der Waals surface area contributed by atoms with Crippen LogP contribution < -0.4 is 5.32 Å². The molecule has 0 aliphatic carbocycles. The Morgan fingerprint density at radius 2 is 2.17 bits per heavy atom. The van der Waals surface area contributed by atoms with Crippen LogP contribution in [0.3, 0.4) is 0 Å². The highest BCUT2D eigenvalue weighted by Gasteiger charge is 2.22. The lowest BCUT2D eigenvalue weighted by molar-refractivity contribution is 0.399. The Morgan fingerprint density at radius 1 is 1.39 bits per heavy atom. The Labute approximate surface area is 117 Å². The van der Waals surface area contributed by atoms with Gasteiger partial charge in [0.15, 0.2) is 0 Å². The van der Waals surface area contributed by atoms with Gasteiger partial charge in [0, 0.05) is 23.1 Å². The molecule has 0 bridgehead atoms. The molecule has 0 saturated carbocycles. The Balaban J connectivity index is 2.07. The van der Waals surface area contributed by atoms with Gasteiger partial charge in [-0.2, -0.15) is 0 Å². The zero-order valence-corrected chi connectivity index (χ0v) is 12.4. The molecule has 0 amide bonds. The number of aryl methyl sites for hydroxylation is 1. The largest absolute Gasteiger partial charge is 0.302 e. The number of nitrogens with one attached hydrogen (secondary N) is 1. The topological polar surface area (TPSA) is 24.9 Å². The van der Waals surface area contributed by atoms with E-state index in [9.17, 15) is 0 Å². The highest BCUT2D eigenvalue weighted by molar-refractivity contribution is 7.09. The molecule has 0 saturated heterocycles. The molecule has 1 N–H and O–H groups in total. The third kappa shape index (κ3) is 3.10. The molecule has 0 aliphatic rings. The van der Waals surface area contributed by atoms with Crippen molar-refractivity contribution in [1.82, 2.24) is 10.3 Å². The Hall–Kier alpha value is -0.900. The summed E-state index contributed by atoms with van der Waals surface area (Å²) in [5.74, 6) is 0. The van der Waals surface area contributed by atoms with Crippen LogP contribution in [-0.4, -0.2) is 4.98 Å². The van der Waals surface area contributed by atoms with E-state index in [1.54, 1.807) is 11.3 Å². The van der Waals surface area contributed by atoms with Crippen molar-refractivity contribution in [3.05, 3.63) is 50.9 Å². The van der Waals surface area contributed by atoms with Gasteiger partial charge in [-0.3, -0.25) is 0 Å². The van der Waals surface area contributed by atoms with E-state index >= 15 is 0 Å². The van der Waals surface area contributed by atoms with Crippen molar-refractivity contribution in [2.45, 2.75) is 32.9 Å². The summed E-state index contributed by atoms with van der Waals surface area (Å²) in [4.78, 5) is 4.36. The van der Waals surface area contributed by atoms with Crippen molar-refractivity contribution in [1.29, 1.82) is 0 Å². The fourth-order valence-electron chi connectivity index (χ4n) is 1.72. The standard InChI is InChI=1S/C14H17ClN2S/c1-10-4-5-11(12(15)8-10)9-17-14(2,3)13-16-6-7-18-13/h4-8,17H,9H2,1-3H3. The number of thiazole rings is 1. The van der Waals surface area contributed by atoms with E-state index in [4.69, 9.17) is 11.6 Å². The molecular formula is C14H17ClN2S. The predicted molar refractivity (Wildman–Crippen MR) is 78.2 cm³/mol. The lowest BCUT2D eigenvalue weighted by Gasteiger charge is -2.24. The molecule has 1 heterocycles. The summed E-state index contributed by atoms with van der Waals surface area (Å²) in [6, 6.07) is 6.15. The van der Waals surface area contributed by atoms with E-state index in [2.05, 4.69) is 36.3 Å². The summed E-state index contributed by atoms with van der Waals surface area (Å²) in [5, 5.41) is 7.40. The Morgan fingerprint density at radius 3 is 2.78 bits per heavy atom. The fourth-order valence-corrected chi connectivity index (χ4v) is 2.76. The smallest absolute Gasteiger partial charge is 0.112 e. The lowest BCUT2D eigenvalue weighted by atomic mass is 10.1. The van der Waals surface area contributed by atoms with Gasteiger partial charge in [-0.05, 0) is 38.0 Å². The van der Waals surface area contributed by atoms with E-state index in [-0.39, 0.29) is 5.54 Å². The average Bonchev–Trinajstić information content (AvgIpc) is 2.82. The second-order valence-corrected chi connectivity index (χ2v) is 6.21. The van der Waals surface area contributed by atoms with Gasteiger partial charge in [-0.25, -0.2) is 4.98 Å². The van der Waals surface area contributed by atoms with Crippen LogP contribution in [0.5, 0.6) is 0 Å². The van der Waals surface area contributed by atoms with Crippen molar-refractivity contribution < 1.29 is 0 Å². The van der Waals surface area contributed by atoms with Gasteiger partial charge in [0.2, 0.25) is 0 Å². The van der Waals surface area contributed by atoms with E-state index < -0.39 is 0 Å². The molecule has 18 heavy (non-hydrogen) atoms. The van der Waals surface area contributed by atoms with Crippen LogP contribution in [-0.2, 0) is 12.1 Å². The summed E-state index contributed by atoms with van der Waals surface area (Å²) in [6.45, 7) is 7.05. The summed E-state index contributed by atoms with van der Waals surface area (Å²) < 4.78 is 0. The van der Waals surface area contributed by atoms with Gasteiger partial charge in [0.25, 0.3) is 0 Å². The van der Waals surface area contributed by atoms with Gasteiger partial charge in [-0.1, -0.05) is 23.7 Å². The molecule has 1 aromatic heterocycles. The van der Waals surface area contributed by atoms with Crippen LogP contribution in [0.1, 0.15) is 30.0 Å². The second-order valence-electron chi connectivity index (χ2n) is 4.91. The molecule has 4 heteroatoms. The SMILES string of the molecule is Cc1ccc(CNC(C)(C)c2nccs2)c(Cl)c1. The number of hydrogen-bond donors (Lipinski definition) is 1. The number of nitrogens with zero attached hydrogens (tertiary/aromatic N) is 1. The van der Waals surface area contributed by atoms with E-state index in [0.717, 1.165) is 22.1 Å². The summed E-state index contributed by atoms with van der Waals surface area (Å²) in [7, 11) is 0. The van der Waals surface area contributed by atoms with Crippen LogP contribution >= 0.6 is 22.9 Å². The molecule has 96 valence electrons. The molecule has 0 unspecified atom stereocenters. The maximum absolute atomic E-state index is 6.23. The monoisotopic (exact) mass is 280 g/mol.